The number of hydrogen-bond donors (Lipinski definition) is 0. The van der Waals surface area contributed by atoms with E-state index in [0.717, 1.165) is 96.3 Å². The standard InChI is InChI=1S/C65H116O6/c1-4-7-10-13-15-17-19-21-22-23-24-25-26-27-28-29-30-31-32-33-34-35-36-37-38-39-40-41-42-44-45-47-49-52-55-58-64(67)70-61-62(60-69-63(66)57-54-51-12-9-6-3)71-65(68)59-56-53-50-48-46-43-20-18-16-14-11-8-5-2/h7,10,15,17-18,20-22,24-25,62H,4-6,8-9,11-14,16,19,23,26-61H2,1-3H3/b10-7-,17-15-,20-18-,22-21-,25-24-. The fourth-order valence-electron chi connectivity index (χ4n) is 8.90. The van der Waals surface area contributed by atoms with E-state index in [0.29, 0.717) is 19.3 Å². The highest BCUT2D eigenvalue weighted by Crippen LogP contribution is 2.17. The Morgan fingerprint density at radius 1 is 0.296 bits per heavy atom. The third-order valence-electron chi connectivity index (χ3n) is 13.5. The van der Waals surface area contributed by atoms with Crippen LogP contribution in [0.1, 0.15) is 316 Å². The highest BCUT2D eigenvalue weighted by molar-refractivity contribution is 5.71. The first-order chi connectivity index (χ1) is 35.0. The molecule has 0 radical (unpaired) electrons. The topological polar surface area (TPSA) is 78.9 Å². The molecule has 0 amide bonds. The normalized spacial score (nSPS) is 12.4. The Balaban J connectivity index is 3.85. The molecule has 412 valence electrons. The first-order valence-corrected chi connectivity index (χ1v) is 30.8. The molecular weight excluding hydrogens is 877 g/mol. The molecule has 6 heteroatoms. The molecule has 0 aliphatic heterocycles. The van der Waals surface area contributed by atoms with Crippen molar-refractivity contribution in [3.05, 3.63) is 60.8 Å². The van der Waals surface area contributed by atoms with Crippen molar-refractivity contribution in [1.29, 1.82) is 0 Å². The summed E-state index contributed by atoms with van der Waals surface area (Å²) < 4.78 is 16.7. The second kappa shape index (κ2) is 59.7. The van der Waals surface area contributed by atoms with Gasteiger partial charge in [-0.1, -0.05) is 274 Å². The van der Waals surface area contributed by atoms with Gasteiger partial charge in [0.1, 0.15) is 13.2 Å². The van der Waals surface area contributed by atoms with Crippen LogP contribution in [0.4, 0.5) is 0 Å². The fourth-order valence-corrected chi connectivity index (χ4v) is 8.90. The highest BCUT2D eigenvalue weighted by atomic mass is 16.6. The number of unbranched alkanes of at least 4 members (excludes halogenated alkanes) is 35. The number of carbonyl (C=O) groups excluding carboxylic acids is 3. The molecule has 6 nitrogen and oxygen atoms in total. The first-order valence-electron chi connectivity index (χ1n) is 30.8. The zero-order valence-electron chi connectivity index (χ0n) is 47.2. The van der Waals surface area contributed by atoms with Crippen LogP contribution in [-0.4, -0.2) is 37.2 Å². The number of esters is 3. The third-order valence-corrected chi connectivity index (χ3v) is 13.5. The van der Waals surface area contributed by atoms with Crippen LogP contribution in [0.25, 0.3) is 0 Å². The molecule has 0 N–H and O–H groups in total. The summed E-state index contributed by atoms with van der Waals surface area (Å²) in [6.45, 7) is 6.45. The summed E-state index contributed by atoms with van der Waals surface area (Å²) in [5.41, 5.74) is 0. The molecule has 0 bridgehead atoms. The van der Waals surface area contributed by atoms with Gasteiger partial charge in [0.05, 0.1) is 0 Å². The van der Waals surface area contributed by atoms with Gasteiger partial charge in [-0.25, -0.2) is 0 Å². The van der Waals surface area contributed by atoms with Crippen LogP contribution in [0.3, 0.4) is 0 Å². The molecule has 0 aromatic rings. The molecule has 0 aromatic heterocycles. The van der Waals surface area contributed by atoms with Gasteiger partial charge in [0.15, 0.2) is 6.10 Å². The monoisotopic (exact) mass is 993 g/mol. The molecule has 0 spiro atoms. The Bertz CT molecular complexity index is 1280. The quantitative estimate of drug-likeness (QED) is 0.0261. The van der Waals surface area contributed by atoms with Crippen LogP contribution in [0.15, 0.2) is 60.8 Å². The molecule has 0 aliphatic rings. The van der Waals surface area contributed by atoms with Crippen LogP contribution >= 0.6 is 0 Å². The van der Waals surface area contributed by atoms with Gasteiger partial charge in [0.25, 0.3) is 0 Å². The van der Waals surface area contributed by atoms with Crippen molar-refractivity contribution in [2.75, 3.05) is 13.2 Å². The molecule has 1 atom stereocenters. The number of carbonyl (C=O) groups is 3. The van der Waals surface area contributed by atoms with Gasteiger partial charge in [-0.05, 0) is 83.5 Å². The van der Waals surface area contributed by atoms with Gasteiger partial charge >= 0.3 is 17.9 Å². The van der Waals surface area contributed by atoms with Crippen molar-refractivity contribution < 1.29 is 28.6 Å². The van der Waals surface area contributed by atoms with E-state index in [1.54, 1.807) is 0 Å². The van der Waals surface area contributed by atoms with E-state index in [1.165, 1.54) is 180 Å². The molecule has 0 saturated carbocycles. The Morgan fingerprint density at radius 2 is 0.549 bits per heavy atom. The molecule has 0 heterocycles. The largest absolute Gasteiger partial charge is 0.462 e. The molecule has 1 unspecified atom stereocenters. The van der Waals surface area contributed by atoms with E-state index in [2.05, 4.69) is 81.5 Å². The minimum Gasteiger partial charge on any atom is -0.462 e. The second-order valence-electron chi connectivity index (χ2n) is 20.6. The average molecular weight is 994 g/mol. The molecule has 0 aromatic carbocycles. The lowest BCUT2D eigenvalue weighted by molar-refractivity contribution is -0.167. The number of rotatable bonds is 56. The molecule has 0 aliphatic carbocycles. The van der Waals surface area contributed by atoms with Crippen LogP contribution in [0.2, 0.25) is 0 Å². The van der Waals surface area contributed by atoms with Gasteiger partial charge in [-0.3, -0.25) is 14.4 Å². The first kappa shape index (κ1) is 68.1. The predicted molar refractivity (Wildman–Crippen MR) is 307 cm³/mol. The number of hydrogen-bond acceptors (Lipinski definition) is 6. The highest BCUT2D eigenvalue weighted by Gasteiger charge is 2.19. The predicted octanol–water partition coefficient (Wildman–Crippen LogP) is 20.8. The Kier molecular flexibility index (Phi) is 57.2. The van der Waals surface area contributed by atoms with E-state index in [4.69, 9.17) is 14.2 Å². The summed E-state index contributed by atoms with van der Waals surface area (Å²) in [5, 5.41) is 0. The minimum atomic E-state index is -0.770. The third kappa shape index (κ3) is 57.9. The zero-order valence-corrected chi connectivity index (χ0v) is 47.2. The van der Waals surface area contributed by atoms with E-state index in [-0.39, 0.29) is 31.1 Å². The summed E-state index contributed by atoms with van der Waals surface area (Å²) in [6.07, 6.45) is 75.8. The van der Waals surface area contributed by atoms with Crippen LogP contribution in [-0.2, 0) is 28.6 Å². The summed E-state index contributed by atoms with van der Waals surface area (Å²) >= 11 is 0. The summed E-state index contributed by atoms with van der Waals surface area (Å²) in [7, 11) is 0. The Hall–Kier alpha value is -2.89. The summed E-state index contributed by atoms with van der Waals surface area (Å²) in [4.78, 5) is 37.7. The van der Waals surface area contributed by atoms with Crippen LogP contribution in [0, 0.1) is 0 Å². The van der Waals surface area contributed by atoms with Gasteiger partial charge < -0.3 is 14.2 Å². The van der Waals surface area contributed by atoms with Crippen LogP contribution in [0.5, 0.6) is 0 Å². The lowest BCUT2D eigenvalue weighted by Crippen LogP contribution is -2.30. The summed E-state index contributed by atoms with van der Waals surface area (Å²) in [5.74, 6) is -0.884. The van der Waals surface area contributed by atoms with Gasteiger partial charge in [0, 0.05) is 19.3 Å². The maximum Gasteiger partial charge on any atom is 0.306 e. The SMILES string of the molecule is CC/C=C\C/C=C\C/C=C\C/C=C\CCCCCCCCCCCCCCCCCCCCCCCCC(=O)OCC(COC(=O)CCCCCCC)OC(=O)CCCCCCC/C=C\CCCCCC. The van der Waals surface area contributed by atoms with Crippen molar-refractivity contribution in [1.82, 2.24) is 0 Å². The molecule has 71 heavy (non-hydrogen) atoms. The van der Waals surface area contributed by atoms with Gasteiger partial charge in [-0.2, -0.15) is 0 Å². The lowest BCUT2D eigenvalue weighted by atomic mass is 10.0. The van der Waals surface area contributed by atoms with Crippen molar-refractivity contribution in [3.8, 4) is 0 Å². The number of allylic oxidation sites excluding steroid dienone is 10. The maximum atomic E-state index is 12.7. The van der Waals surface area contributed by atoms with E-state index < -0.39 is 6.10 Å². The van der Waals surface area contributed by atoms with Crippen LogP contribution < -0.4 is 0 Å². The van der Waals surface area contributed by atoms with Gasteiger partial charge in [-0.15, -0.1) is 0 Å². The Labute approximate surface area is 440 Å². The smallest absolute Gasteiger partial charge is 0.306 e. The van der Waals surface area contributed by atoms with Gasteiger partial charge in [0.2, 0.25) is 0 Å². The number of ether oxygens (including phenoxy) is 3. The molecular formula is C65H116O6. The van der Waals surface area contributed by atoms with E-state index in [1.807, 2.05) is 0 Å². The fraction of sp³-hybridized carbons (Fsp3) is 0.800. The second-order valence-corrected chi connectivity index (χ2v) is 20.6. The van der Waals surface area contributed by atoms with E-state index >= 15 is 0 Å². The molecule has 0 fully saturated rings. The summed E-state index contributed by atoms with van der Waals surface area (Å²) in [6, 6.07) is 0. The minimum absolute atomic E-state index is 0.0731. The zero-order chi connectivity index (χ0) is 51.4. The lowest BCUT2D eigenvalue weighted by Gasteiger charge is -2.18. The molecule has 0 saturated heterocycles. The average Bonchev–Trinajstić information content (AvgIpc) is 3.37. The Morgan fingerprint density at radius 3 is 0.887 bits per heavy atom. The maximum absolute atomic E-state index is 12.7. The van der Waals surface area contributed by atoms with Crippen molar-refractivity contribution in [2.45, 2.75) is 322 Å². The van der Waals surface area contributed by atoms with Crippen molar-refractivity contribution in [2.24, 2.45) is 0 Å². The van der Waals surface area contributed by atoms with Crippen molar-refractivity contribution in [3.63, 3.8) is 0 Å². The van der Waals surface area contributed by atoms with Crippen molar-refractivity contribution >= 4 is 17.9 Å². The molecule has 0 rings (SSSR count). The van der Waals surface area contributed by atoms with E-state index in [9.17, 15) is 14.4 Å².